The van der Waals surface area contributed by atoms with Gasteiger partial charge in [-0.15, -0.1) is 23.1 Å². The van der Waals surface area contributed by atoms with E-state index in [1.54, 1.807) is 12.1 Å². The second-order valence-corrected chi connectivity index (χ2v) is 9.80. The minimum Gasteiger partial charge on any atom is -0.368 e. The molecule has 0 spiro atoms. The third-order valence-corrected chi connectivity index (χ3v) is 7.93. The standard InChI is InChI=1S/C24H20N4O3S2/c25-20(29)13-28-17-8-3-4-9-18(17)33-22(19-10-5-11-32-19)21(24(28)31)27-23(30)16-12-14-6-1-2-7-15(14)26-16/h1-12,21-22,26H,13H2,(H2,25,29)(H,27,30)/t21-,22-/m0/s1. The molecule has 1 aliphatic heterocycles. The molecule has 0 saturated carbocycles. The first-order chi connectivity index (χ1) is 16.0. The number of thiophene rings is 1. The number of aromatic nitrogens is 1. The molecule has 5 rings (SSSR count). The number of H-pyrrole nitrogens is 1. The first-order valence-corrected chi connectivity index (χ1v) is 12.0. The van der Waals surface area contributed by atoms with Gasteiger partial charge in [-0.1, -0.05) is 36.4 Å². The van der Waals surface area contributed by atoms with Gasteiger partial charge in [-0.05, 0) is 35.7 Å². The van der Waals surface area contributed by atoms with Crippen molar-refractivity contribution in [2.45, 2.75) is 16.2 Å². The van der Waals surface area contributed by atoms with Gasteiger partial charge in [0, 0.05) is 20.7 Å². The number of hydrogen-bond donors (Lipinski definition) is 3. The maximum Gasteiger partial charge on any atom is 0.268 e. The van der Waals surface area contributed by atoms with Gasteiger partial charge in [0.2, 0.25) is 5.91 Å². The number of amides is 3. The third kappa shape index (κ3) is 4.12. The highest BCUT2D eigenvalue weighted by molar-refractivity contribution is 8.00. The van der Waals surface area contributed by atoms with Crippen molar-refractivity contribution in [1.82, 2.24) is 10.3 Å². The molecule has 0 aliphatic carbocycles. The molecule has 1 aliphatic rings. The number of rotatable bonds is 5. The zero-order valence-electron chi connectivity index (χ0n) is 17.4. The largest absolute Gasteiger partial charge is 0.368 e. The Morgan fingerprint density at radius 3 is 2.61 bits per heavy atom. The summed E-state index contributed by atoms with van der Waals surface area (Å²) in [4.78, 5) is 45.1. The zero-order chi connectivity index (χ0) is 22.9. The Kier molecular flexibility index (Phi) is 5.65. The fourth-order valence-electron chi connectivity index (χ4n) is 3.95. The van der Waals surface area contributed by atoms with E-state index in [0.717, 1.165) is 20.7 Å². The van der Waals surface area contributed by atoms with Crippen LogP contribution in [0.15, 0.2) is 77.0 Å². The molecule has 7 nitrogen and oxygen atoms in total. The molecule has 33 heavy (non-hydrogen) atoms. The normalized spacial score (nSPS) is 18.1. The van der Waals surface area contributed by atoms with Gasteiger partial charge < -0.3 is 20.9 Å². The smallest absolute Gasteiger partial charge is 0.268 e. The van der Waals surface area contributed by atoms with Crippen molar-refractivity contribution in [3.8, 4) is 0 Å². The van der Waals surface area contributed by atoms with E-state index in [-0.39, 0.29) is 17.7 Å². The van der Waals surface area contributed by atoms with E-state index >= 15 is 0 Å². The molecule has 0 fully saturated rings. The second kappa shape index (κ2) is 8.76. The predicted octanol–water partition coefficient (Wildman–Crippen LogP) is 3.69. The van der Waals surface area contributed by atoms with Gasteiger partial charge in [-0.3, -0.25) is 14.4 Å². The molecular weight excluding hydrogens is 456 g/mol. The third-order valence-electron chi connectivity index (χ3n) is 5.44. The SMILES string of the molecule is NC(=O)CN1C(=O)[C@@H](NC(=O)c2cc3ccccc3[nH]2)[C@H](c2cccs2)Sc2ccccc21. The highest BCUT2D eigenvalue weighted by Crippen LogP contribution is 2.46. The fourth-order valence-corrected chi connectivity index (χ4v) is 6.24. The number of para-hydroxylation sites is 2. The van der Waals surface area contributed by atoms with E-state index in [9.17, 15) is 14.4 Å². The van der Waals surface area contributed by atoms with Gasteiger partial charge in [0.1, 0.15) is 18.3 Å². The van der Waals surface area contributed by atoms with Crippen molar-refractivity contribution < 1.29 is 14.4 Å². The summed E-state index contributed by atoms with van der Waals surface area (Å²) in [6.45, 7) is -0.272. The van der Waals surface area contributed by atoms with Gasteiger partial charge in [0.15, 0.2) is 0 Å². The summed E-state index contributed by atoms with van der Waals surface area (Å²) < 4.78 is 0. The number of primary amides is 1. The van der Waals surface area contributed by atoms with Crippen molar-refractivity contribution >= 4 is 57.4 Å². The molecular formula is C24H20N4O3S2. The highest BCUT2D eigenvalue weighted by Gasteiger charge is 2.40. The molecule has 0 unspecified atom stereocenters. The van der Waals surface area contributed by atoms with Crippen molar-refractivity contribution in [1.29, 1.82) is 0 Å². The van der Waals surface area contributed by atoms with E-state index < -0.39 is 17.9 Å². The van der Waals surface area contributed by atoms with Crippen LogP contribution in [0.3, 0.4) is 0 Å². The maximum atomic E-state index is 13.8. The Balaban J connectivity index is 1.55. The molecule has 0 saturated heterocycles. The fraction of sp³-hybridized carbons (Fsp3) is 0.125. The zero-order valence-corrected chi connectivity index (χ0v) is 19.0. The molecule has 4 N–H and O–H groups in total. The van der Waals surface area contributed by atoms with Crippen LogP contribution in [0.2, 0.25) is 0 Å². The van der Waals surface area contributed by atoms with Crippen molar-refractivity contribution in [2.75, 3.05) is 11.4 Å². The number of benzene rings is 2. The first kappa shape index (κ1) is 21.3. The number of anilines is 1. The second-order valence-electron chi connectivity index (χ2n) is 7.63. The van der Waals surface area contributed by atoms with Gasteiger partial charge >= 0.3 is 0 Å². The summed E-state index contributed by atoms with van der Waals surface area (Å²) >= 11 is 3.01. The number of carbonyl (C=O) groups is 3. The summed E-state index contributed by atoms with van der Waals surface area (Å²) in [6.07, 6.45) is 0. The minimum atomic E-state index is -0.903. The van der Waals surface area contributed by atoms with Crippen LogP contribution in [0.25, 0.3) is 10.9 Å². The number of carbonyl (C=O) groups excluding carboxylic acids is 3. The predicted molar refractivity (Wildman–Crippen MR) is 130 cm³/mol. The molecule has 2 aromatic carbocycles. The summed E-state index contributed by atoms with van der Waals surface area (Å²) in [7, 11) is 0. The summed E-state index contributed by atoms with van der Waals surface area (Å²) in [5.41, 5.74) is 7.28. The lowest BCUT2D eigenvalue weighted by Crippen LogP contribution is -2.52. The lowest BCUT2D eigenvalue weighted by molar-refractivity contribution is -0.123. The Labute approximate surface area is 198 Å². The minimum absolute atomic E-state index is 0.272. The Bertz CT molecular complexity index is 1320. The number of nitrogens with one attached hydrogen (secondary N) is 2. The Morgan fingerprint density at radius 2 is 1.85 bits per heavy atom. The Morgan fingerprint density at radius 1 is 1.06 bits per heavy atom. The molecule has 166 valence electrons. The average molecular weight is 477 g/mol. The molecule has 0 bridgehead atoms. The van der Waals surface area contributed by atoms with E-state index in [4.69, 9.17) is 5.73 Å². The van der Waals surface area contributed by atoms with Gasteiger partial charge in [-0.25, -0.2) is 0 Å². The first-order valence-electron chi connectivity index (χ1n) is 10.3. The number of thioether (sulfide) groups is 1. The van der Waals surface area contributed by atoms with E-state index in [2.05, 4.69) is 10.3 Å². The highest BCUT2D eigenvalue weighted by atomic mass is 32.2. The molecule has 2 aromatic heterocycles. The van der Waals surface area contributed by atoms with E-state index in [1.165, 1.54) is 28.0 Å². The van der Waals surface area contributed by atoms with Crippen LogP contribution in [-0.2, 0) is 9.59 Å². The summed E-state index contributed by atoms with van der Waals surface area (Å²) in [6, 6.07) is 19.7. The number of nitrogens with zero attached hydrogens (tertiary/aromatic N) is 1. The van der Waals surface area contributed by atoms with Crippen LogP contribution in [0.5, 0.6) is 0 Å². The van der Waals surface area contributed by atoms with Gasteiger partial charge in [0.05, 0.1) is 10.9 Å². The van der Waals surface area contributed by atoms with Crippen LogP contribution in [0.1, 0.15) is 20.6 Å². The molecule has 3 amide bonds. The monoisotopic (exact) mass is 476 g/mol. The maximum absolute atomic E-state index is 13.8. The van der Waals surface area contributed by atoms with E-state index in [1.807, 2.05) is 60.0 Å². The number of hydrogen-bond acceptors (Lipinski definition) is 5. The molecule has 2 atom stereocenters. The van der Waals surface area contributed by atoms with Crippen molar-refractivity contribution in [2.24, 2.45) is 5.73 Å². The summed E-state index contributed by atoms with van der Waals surface area (Å²) in [5.74, 6) is -1.40. The number of nitrogens with two attached hydrogens (primary N) is 1. The number of aromatic amines is 1. The van der Waals surface area contributed by atoms with Crippen LogP contribution in [0.4, 0.5) is 5.69 Å². The topological polar surface area (TPSA) is 108 Å². The summed E-state index contributed by atoms with van der Waals surface area (Å²) in [5, 5.41) is 5.41. The molecule has 9 heteroatoms. The van der Waals surface area contributed by atoms with Crippen LogP contribution < -0.4 is 16.0 Å². The van der Waals surface area contributed by atoms with Crippen LogP contribution in [-0.4, -0.2) is 35.3 Å². The molecule has 4 aromatic rings. The van der Waals surface area contributed by atoms with E-state index in [0.29, 0.717) is 11.4 Å². The average Bonchev–Trinajstić information content (AvgIpc) is 3.47. The Hall–Kier alpha value is -3.56. The van der Waals surface area contributed by atoms with Gasteiger partial charge in [-0.2, -0.15) is 0 Å². The van der Waals surface area contributed by atoms with Crippen molar-refractivity contribution in [3.63, 3.8) is 0 Å². The molecule has 0 radical (unpaired) electrons. The van der Waals surface area contributed by atoms with Gasteiger partial charge in [0.25, 0.3) is 11.8 Å². The quantitative estimate of drug-likeness (QED) is 0.408. The lowest BCUT2D eigenvalue weighted by Gasteiger charge is -2.27. The lowest BCUT2D eigenvalue weighted by atomic mass is 10.1. The van der Waals surface area contributed by atoms with Crippen LogP contribution in [0, 0.1) is 0 Å². The van der Waals surface area contributed by atoms with Crippen LogP contribution >= 0.6 is 23.1 Å². The molecule has 3 heterocycles. The van der Waals surface area contributed by atoms with Crippen molar-refractivity contribution in [3.05, 3.63) is 82.7 Å². The number of fused-ring (bicyclic) bond motifs is 2.